The zero-order valence-electron chi connectivity index (χ0n) is 14.1. The van der Waals surface area contributed by atoms with Gasteiger partial charge in [0.15, 0.2) is 0 Å². The van der Waals surface area contributed by atoms with Crippen molar-refractivity contribution in [2.45, 2.75) is 13.8 Å². The van der Waals surface area contributed by atoms with E-state index in [1.807, 2.05) is 6.92 Å². The largest absolute Gasteiger partial charge is 0.385 e. The molecule has 0 saturated heterocycles. The fourth-order valence-corrected chi connectivity index (χ4v) is 2.53. The molecular weight excluding hydrogens is 322 g/mol. The van der Waals surface area contributed by atoms with E-state index in [2.05, 4.69) is 5.32 Å². The Morgan fingerprint density at radius 3 is 2.40 bits per heavy atom. The van der Waals surface area contributed by atoms with E-state index >= 15 is 0 Å². The summed E-state index contributed by atoms with van der Waals surface area (Å²) in [5, 5.41) is 3.18. The molecule has 0 bridgehead atoms. The van der Waals surface area contributed by atoms with Crippen LogP contribution >= 0.6 is 0 Å². The summed E-state index contributed by atoms with van der Waals surface area (Å²) < 4.78 is 27.6. The third-order valence-electron chi connectivity index (χ3n) is 3.70. The molecule has 130 valence electrons. The maximum atomic E-state index is 14.4. The van der Waals surface area contributed by atoms with Crippen LogP contribution in [0.1, 0.15) is 35.3 Å². The van der Waals surface area contributed by atoms with Crippen LogP contribution in [-0.2, 0) is 0 Å². The molecule has 0 aromatic heterocycles. The second-order valence-corrected chi connectivity index (χ2v) is 5.37. The topological polar surface area (TPSA) is 55.1 Å². The normalized spacial score (nSPS) is 12.2. The number of allylic oxidation sites excluding steroid dienone is 3. The molecule has 0 fully saturated rings. The van der Waals surface area contributed by atoms with Crippen LogP contribution in [0.4, 0.5) is 8.78 Å². The van der Waals surface area contributed by atoms with Crippen molar-refractivity contribution < 1.29 is 13.6 Å². The van der Waals surface area contributed by atoms with Crippen molar-refractivity contribution in [3.8, 4) is 0 Å². The average molecular weight is 342 g/mol. The standard InChI is InChI=1S/C20H20F2N2O/c1-3-13(19-16(20(23)25)6-5-7-17(19)22)12-18(24-4-2)14-8-10-15(21)11-9-14/h3,5-12,24H,4H2,1-2H3,(H2,23,25)/b13-3-,18-12-. The van der Waals surface area contributed by atoms with Crippen molar-refractivity contribution in [1.82, 2.24) is 5.32 Å². The van der Waals surface area contributed by atoms with Crippen molar-refractivity contribution in [3.05, 3.63) is 82.9 Å². The first-order valence-corrected chi connectivity index (χ1v) is 7.94. The van der Waals surface area contributed by atoms with Gasteiger partial charge in [-0.15, -0.1) is 0 Å². The quantitative estimate of drug-likeness (QED) is 0.776. The van der Waals surface area contributed by atoms with Crippen LogP contribution in [0.2, 0.25) is 0 Å². The third kappa shape index (κ3) is 4.32. The van der Waals surface area contributed by atoms with Crippen LogP contribution in [0.5, 0.6) is 0 Å². The second-order valence-electron chi connectivity index (χ2n) is 5.37. The molecule has 25 heavy (non-hydrogen) atoms. The molecule has 5 heteroatoms. The Kier molecular flexibility index (Phi) is 6.06. The van der Waals surface area contributed by atoms with E-state index in [1.54, 1.807) is 31.2 Å². The molecule has 2 aromatic rings. The molecule has 2 rings (SSSR count). The lowest BCUT2D eigenvalue weighted by atomic mass is 9.96. The van der Waals surface area contributed by atoms with Crippen molar-refractivity contribution in [2.75, 3.05) is 6.54 Å². The van der Waals surface area contributed by atoms with Gasteiger partial charge < -0.3 is 11.1 Å². The zero-order chi connectivity index (χ0) is 18.4. The van der Waals surface area contributed by atoms with E-state index in [9.17, 15) is 13.6 Å². The monoisotopic (exact) mass is 342 g/mol. The van der Waals surface area contributed by atoms with Gasteiger partial charge in [0.1, 0.15) is 11.6 Å². The van der Waals surface area contributed by atoms with E-state index in [0.29, 0.717) is 17.8 Å². The van der Waals surface area contributed by atoms with Crippen molar-refractivity contribution in [2.24, 2.45) is 5.73 Å². The molecule has 0 atom stereocenters. The van der Waals surface area contributed by atoms with Gasteiger partial charge in [0.05, 0.1) is 0 Å². The number of hydrogen-bond acceptors (Lipinski definition) is 2. The Bertz CT molecular complexity index is 824. The number of carbonyl (C=O) groups excluding carboxylic acids is 1. The van der Waals surface area contributed by atoms with Crippen LogP contribution in [0.15, 0.2) is 54.6 Å². The molecule has 3 N–H and O–H groups in total. The Labute approximate surface area is 145 Å². The highest BCUT2D eigenvalue weighted by molar-refractivity contribution is 6.00. The van der Waals surface area contributed by atoms with Gasteiger partial charge in [-0.3, -0.25) is 4.79 Å². The highest BCUT2D eigenvalue weighted by Crippen LogP contribution is 2.26. The minimum absolute atomic E-state index is 0.110. The number of amides is 1. The van der Waals surface area contributed by atoms with Gasteiger partial charge in [-0.05, 0) is 55.3 Å². The van der Waals surface area contributed by atoms with Crippen molar-refractivity contribution in [1.29, 1.82) is 0 Å². The van der Waals surface area contributed by atoms with Crippen LogP contribution in [0.3, 0.4) is 0 Å². The minimum Gasteiger partial charge on any atom is -0.385 e. The Morgan fingerprint density at radius 1 is 1.16 bits per heavy atom. The van der Waals surface area contributed by atoms with E-state index < -0.39 is 11.7 Å². The molecule has 0 aliphatic carbocycles. The highest BCUT2D eigenvalue weighted by atomic mass is 19.1. The van der Waals surface area contributed by atoms with E-state index in [1.165, 1.54) is 30.3 Å². The number of nitrogens with two attached hydrogens (primary N) is 1. The molecule has 0 spiro atoms. The number of carbonyl (C=O) groups is 1. The molecule has 3 nitrogen and oxygen atoms in total. The summed E-state index contributed by atoms with van der Waals surface area (Å²) in [5.41, 5.74) is 7.59. The number of nitrogens with one attached hydrogen (secondary N) is 1. The number of halogens is 2. The third-order valence-corrected chi connectivity index (χ3v) is 3.70. The molecule has 0 aliphatic rings. The average Bonchev–Trinajstić information content (AvgIpc) is 2.59. The van der Waals surface area contributed by atoms with E-state index in [4.69, 9.17) is 5.73 Å². The fourth-order valence-electron chi connectivity index (χ4n) is 2.53. The van der Waals surface area contributed by atoms with Crippen LogP contribution in [0.25, 0.3) is 11.3 Å². The summed E-state index contributed by atoms with van der Waals surface area (Å²) in [4.78, 5) is 11.7. The van der Waals surface area contributed by atoms with Crippen LogP contribution < -0.4 is 11.1 Å². The van der Waals surface area contributed by atoms with E-state index in [0.717, 1.165) is 5.56 Å². The van der Waals surface area contributed by atoms with Gasteiger partial charge >= 0.3 is 0 Å². The van der Waals surface area contributed by atoms with Gasteiger partial charge in [-0.2, -0.15) is 0 Å². The number of benzene rings is 2. The van der Waals surface area contributed by atoms with Crippen molar-refractivity contribution in [3.63, 3.8) is 0 Å². The summed E-state index contributed by atoms with van der Waals surface area (Å²) in [6.45, 7) is 4.29. The lowest BCUT2D eigenvalue weighted by molar-refractivity contribution is 0.0999. The molecule has 0 saturated carbocycles. The van der Waals surface area contributed by atoms with Gasteiger partial charge in [-0.25, -0.2) is 8.78 Å². The summed E-state index contributed by atoms with van der Waals surface area (Å²) in [6, 6.07) is 10.2. The maximum absolute atomic E-state index is 14.4. The highest BCUT2D eigenvalue weighted by Gasteiger charge is 2.16. The van der Waals surface area contributed by atoms with Gasteiger partial charge in [0.25, 0.3) is 0 Å². The molecule has 0 radical (unpaired) electrons. The smallest absolute Gasteiger partial charge is 0.249 e. The van der Waals surface area contributed by atoms with Crippen LogP contribution in [-0.4, -0.2) is 12.5 Å². The molecule has 1 amide bonds. The predicted octanol–water partition coefficient (Wildman–Crippen LogP) is 4.12. The first-order valence-electron chi connectivity index (χ1n) is 7.94. The Balaban J connectivity index is 2.58. The zero-order valence-corrected chi connectivity index (χ0v) is 14.1. The molecule has 2 aromatic carbocycles. The number of rotatable bonds is 6. The fraction of sp³-hybridized carbons (Fsp3) is 0.150. The van der Waals surface area contributed by atoms with E-state index in [-0.39, 0.29) is 16.9 Å². The summed E-state index contributed by atoms with van der Waals surface area (Å²) in [6.07, 6.45) is 3.42. The lowest BCUT2D eigenvalue weighted by Gasteiger charge is -2.14. The number of hydrogen-bond donors (Lipinski definition) is 2. The van der Waals surface area contributed by atoms with Gasteiger partial charge in [0, 0.05) is 23.4 Å². The summed E-state index contributed by atoms with van der Waals surface area (Å²) in [7, 11) is 0. The van der Waals surface area contributed by atoms with Gasteiger partial charge in [-0.1, -0.05) is 24.3 Å². The summed E-state index contributed by atoms with van der Waals surface area (Å²) >= 11 is 0. The number of primary amides is 1. The molecule has 0 aliphatic heterocycles. The molecule has 0 heterocycles. The minimum atomic E-state index is -0.700. The van der Waals surface area contributed by atoms with Gasteiger partial charge in [0.2, 0.25) is 5.91 Å². The second kappa shape index (κ2) is 8.24. The molecular formula is C20H20F2N2O. The Hall–Kier alpha value is -2.95. The lowest BCUT2D eigenvalue weighted by Crippen LogP contribution is -2.15. The first kappa shape index (κ1) is 18.4. The predicted molar refractivity (Wildman–Crippen MR) is 96.6 cm³/mol. The SMILES string of the molecule is C/C=C(/C=C(\NCC)c1ccc(F)cc1)c1c(F)cccc1C(N)=O. The maximum Gasteiger partial charge on any atom is 0.249 e. The summed E-state index contributed by atoms with van der Waals surface area (Å²) in [5.74, 6) is -1.57. The first-order chi connectivity index (χ1) is 12.0. The van der Waals surface area contributed by atoms with Crippen LogP contribution in [0, 0.1) is 11.6 Å². The Morgan fingerprint density at radius 2 is 1.84 bits per heavy atom. The molecule has 0 unspecified atom stereocenters. The van der Waals surface area contributed by atoms with Crippen molar-refractivity contribution >= 4 is 17.2 Å².